The van der Waals surface area contributed by atoms with Crippen LogP contribution in [0.1, 0.15) is 59.3 Å². The van der Waals surface area contributed by atoms with Crippen molar-refractivity contribution in [2.75, 3.05) is 0 Å². The zero-order chi connectivity index (χ0) is 15.1. The third kappa shape index (κ3) is 5.39. The van der Waals surface area contributed by atoms with Gasteiger partial charge >= 0.3 is 12.0 Å². The molecule has 0 heterocycles. The number of amides is 2. The number of hydrogen-bond acceptors (Lipinski definition) is 2. The van der Waals surface area contributed by atoms with Gasteiger partial charge < -0.3 is 15.7 Å². The summed E-state index contributed by atoms with van der Waals surface area (Å²) in [6, 6.07) is -0.992. The number of nitrogens with one attached hydrogen (secondary N) is 2. The molecule has 0 aliphatic heterocycles. The second kappa shape index (κ2) is 8.12. The molecule has 3 unspecified atom stereocenters. The van der Waals surface area contributed by atoms with E-state index in [9.17, 15) is 9.59 Å². The molecule has 2 amide bonds. The Morgan fingerprint density at radius 2 is 1.95 bits per heavy atom. The predicted molar refractivity (Wildman–Crippen MR) is 78.6 cm³/mol. The standard InChI is InChI=1S/C15H28N2O3/c1-4-11(3)13(14(18)19)17-15(20)16-12-7-5-6-10(2)8-9-12/h10-13H,4-9H2,1-3H3,(H,18,19)(H2,16,17,20)/t10?,11?,12?,13-/m0/s1. The minimum Gasteiger partial charge on any atom is -0.480 e. The average molecular weight is 284 g/mol. The Labute approximate surface area is 121 Å². The van der Waals surface area contributed by atoms with Gasteiger partial charge in [0.25, 0.3) is 0 Å². The number of hydrogen-bond donors (Lipinski definition) is 3. The van der Waals surface area contributed by atoms with Crippen LogP contribution in [0.3, 0.4) is 0 Å². The number of urea groups is 1. The molecule has 1 aliphatic rings. The van der Waals surface area contributed by atoms with Gasteiger partial charge in [-0.2, -0.15) is 0 Å². The highest BCUT2D eigenvalue weighted by Gasteiger charge is 2.26. The first-order valence-corrected chi connectivity index (χ1v) is 7.73. The molecule has 1 fully saturated rings. The maximum absolute atomic E-state index is 12.0. The van der Waals surface area contributed by atoms with Crippen LogP contribution >= 0.6 is 0 Å². The predicted octanol–water partition coefficient (Wildman–Crippen LogP) is 2.75. The van der Waals surface area contributed by atoms with Crippen molar-refractivity contribution in [1.82, 2.24) is 10.6 Å². The Balaban J connectivity index is 2.46. The van der Waals surface area contributed by atoms with Crippen LogP contribution in [-0.4, -0.2) is 29.2 Å². The average Bonchev–Trinajstić information content (AvgIpc) is 2.60. The van der Waals surface area contributed by atoms with E-state index in [1.165, 1.54) is 6.42 Å². The molecule has 1 rings (SSSR count). The molecule has 4 atom stereocenters. The number of rotatable bonds is 5. The molecule has 0 radical (unpaired) electrons. The van der Waals surface area contributed by atoms with E-state index in [4.69, 9.17) is 5.11 Å². The van der Waals surface area contributed by atoms with E-state index in [2.05, 4.69) is 17.6 Å². The molecular formula is C15H28N2O3. The van der Waals surface area contributed by atoms with Crippen LogP contribution in [-0.2, 0) is 4.79 Å². The molecule has 5 heteroatoms. The number of carboxylic acids is 1. The van der Waals surface area contributed by atoms with Crippen molar-refractivity contribution < 1.29 is 14.7 Å². The Morgan fingerprint density at radius 3 is 2.55 bits per heavy atom. The van der Waals surface area contributed by atoms with Gasteiger partial charge in [0.1, 0.15) is 6.04 Å². The van der Waals surface area contributed by atoms with E-state index < -0.39 is 12.0 Å². The van der Waals surface area contributed by atoms with Gasteiger partial charge in [-0.25, -0.2) is 9.59 Å². The van der Waals surface area contributed by atoms with Crippen molar-refractivity contribution in [2.45, 2.75) is 71.4 Å². The summed E-state index contributed by atoms with van der Waals surface area (Å²) in [5.41, 5.74) is 0. The maximum atomic E-state index is 12.0. The van der Waals surface area contributed by atoms with Gasteiger partial charge in [0.2, 0.25) is 0 Å². The third-order valence-corrected chi connectivity index (χ3v) is 4.36. The fourth-order valence-electron chi connectivity index (χ4n) is 2.68. The van der Waals surface area contributed by atoms with Crippen LogP contribution < -0.4 is 10.6 Å². The van der Waals surface area contributed by atoms with Crippen molar-refractivity contribution in [1.29, 1.82) is 0 Å². The van der Waals surface area contributed by atoms with Gasteiger partial charge in [-0.15, -0.1) is 0 Å². The molecule has 0 spiro atoms. The molecule has 1 saturated carbocycles. The highest BCUT2D eigenvalue weighted by molar-refractivity contribution is 5.82. The fraction of sp³-hybridized carbons (Fsp3) is 0.867. The Kier molecular flexibility index (Phi) is 6.82. The summed E-state index contributed by atoms with van der Waals surface area (Å²) >= 11 is 0. The molecule has 0 aromatic heterocycles. The number of carboxylic acid groups (broad SMARTS) is 1. The summed E-state index contributed by atoms with van der Waals surface area (Å²) in [6.07, 6.45) is 6.15. The van der Waals surface area contributed by atoms with Gasteiger partial charge in [-0.1, -0.05) is 40.0 Å². The lowest BCUT2D eigenvalue weighted by Gasteiger charge is -2.23. The van der Waals surface area contributed by atoms with Crippen LogP contribution in [0, 0.1) is 11.8 Å². The van der Waals surface area contributed by atoms with E-state index in [1.54, 1.807) is 0 Å². The first-order valence-electron chi connectivity index (χ1n) is 7.73. The van der Waals surface area contributed by atoms with Crippen LogP contribution in [0.15, 0.2) is 0 Å². The fourth-order valence-corrected chi connectivity index (χ4v) is 2.68. The first kappa shape index (κ1) is 16.8. The minimum atomic E-state index is -0.969. The van der Waals surface area contributed by atoms with Gasteiger partial charge in [0.15, 0.2) is 0 Å². The lowest BCUT2D eigenvalue weighted by molar-refractivity contribution is -0.140. The summed E-state index contributed by atoms with van der Waals surface area (Å²) in [4.78, 5) is 23.1. The van der Waals surface area contributed by atoms with Crippen LogP contribution in [0.2, 0.25) is 0 Å². The molecule has 0 bridgehead atoms. The Bertz CT molecular complexity index is 333. The molecule has 0 aromatic carbocycles. The van der Waals surface area contributed by atoms with Gasteiger partial charge in [-0.05, 0) is 31.1 Å². The lowest BCUT2D eigenvalue weighted by atomic mass is 9.99. The largest absolute Gasteiger partial charge is 0.480 e. The van der Waals surface area contributed by atoms with Crippen LogP contribution in [0.5, 0.6) is 0 Å². The maximum Gasteiger partial charge on any atom is 0.326 e. The second-order valence-corrected chi connectivity index (χ2v) is 6.13. The van der Waals surface area contributed by atoms with E-state index in [-0.39, 0.29) is 18.0 Å². The van der Waals surface area contributed by atoms with E-state index in [1.807, 2.05) is 13.8 Å². The van der Waals surface area contributed by atoms with E-state index in [0.29, 0.717) is 0 Å². The normalized spacial score (nSPS) is 26.1. The SMILES string of the molecule is CCC(C)[C@H](NC(=O)NC1CCCC(C)CC1)C(=O)O. The number of aliphatic carboxylic acids is 1. The van der Waals surface area contributed by atoms with Gasteiger partial charge in [-0.3, -0.25) is 0 Å². The molecule has 0 aromatic rings. The Morgan fingerprint density at radius 1 is 1.25 bits per heavy atom. The van der Waals surface area contributed by atoms with Gasteiger partial charge in [0.05, 0.1) is 0 Å². The van der Waals surface area contributed by atoms with Crippen molar-refractivity contribution >= 4 is 12.0 Å². The molecule has 0 saturated heterocycles. The minimum absolute atomic E-state index is 0.0765. The number of carbonyl (C=O) groups excluding carboxylic acids is 1. The van der Waals surface area contributed by atoms with Gasteiger partial charge in [0, 0.05) is 6.04 Å². The van der Waals surface area contributed by atoms with E-state index >= 15 is 0 Å². The quantitative estimate of drug-likeness (QED) is 0.679. The molecule has 116 valence electrons. The zero-order valence-electron chi connectivity index (χ0n) is 12.8. The topological polar surface area (TPSA) is 78.4 Å². The molecule has 5 nitrogen and oxygen atoms in total. The summed E-state index contributed by atoms with van der Waals surface area (Å²) in [7, 11) is 0. The summed E-state index contributed by atoms with van der Waals surface area (Å²) in [6.45, 7) is 6.01. The smallest absolute Gasteiger partial charge is 0.326 e. The summed E-state index contributed by atoms with van der Waals surface area (Å²) < 4.78 is 0. The van der Waals surface area contributed by atoms with Crippen molar-refractivity contribution in [3.8, 4) is 0 Å². The van der Waals surface area contributed by atoms with Crippen molar-refractivity contribution in [3.63, 3.8) is 0 Å². The highest BCUT2D eigenvalue weighted by Crippen LogP contribution is 2.22. The lowest BCUT2D eigenvalue weighted by Crippen LogP contribution is -2.51. The van der Waals surface area contributed by atoms with Crippen LogP contribution in [0.4, 0.5) is 4.79 Å². The second-order valence-electron chi connectivity index (χ2n) is 6.13. The molecule has 3 N–H and O–H groups in total. The summed E-state index contributed by atoms with van der Waals surface area (Å²) in [5, 5.41) is 14.7. The molecule has 1 aliphatic carbocycles. The van der Waals surface area contributed by atoms with Crippen LogP contribution in [0.25, 0.3) is 0 Å². The molecular weight excluding hydrogens is 256 g/mol. The van der Waals surface area contributed by atoms with Crippen molar-refractivity contribution in [2.24, 2.45) is 11.8 Å². The summed E-state index contributed by atoms with van der Waals surface area (Å²) in [5.74, 6) is -0.326. The zero-order valence-corrected chi connectivity index (χ0v) is 12.8. The van der Waals surface area contributed by atoms with Crippen molar-refractivity contribution in [3.05, 3.63) is 0 Å². The third-order valence-electron chi connectivity index (χ3n) is 4.36. The highest BCUT2D eigenvalue weighted by atomic mass is 16.4. The number of carbonyl (C=O) groups is 2. The van der Waals surface area contributed by atoms with E-state index in [0.717, 1.165) is 38.0 Å². The molecule has 20 heavy (non-hydrogen) atoms. The first-order chi connectivity index (χ1) is 9.43. The monoisotopic (exact) mass is 284 g/mol. The Hall–Kier alpha value is -1.26.